The number of esters is 1. The van der Waals surface area contributed by atoms with Gasteiger partial charge in [0.15, 0.2) is 0 Å². The monoisotopic (exact) mass is 259 g/mol. The van der Waals surface area contributed by atoms with Gasteiger partial charge in [0.05, 0.1) is 5.56 Å². The standard InChI is InChI=1S/C16H21NO2/c1-16(2,3)19-15(18)14-11-6-5-9-13(14)10-7-8-12-17-4/h5-6,9,11,17H,8,12H2,1-4H3. The van der Waals surface area contributed by atoms with Gasteiger partial charge in [-0.3, -0.25) is 0 Å². The van der Waals surface area contributed by atoms with E-state index < -0.39 is 5.60 Å². The van der Waals surface area contributed by atoms with Crippen molar-refractivity contribution in [2.45, 2.75) is 32.8 Å². The van der Waals surface area contributed by atoms with Crippen LogP contribution in [0.4, 0.5) is 0 Å². The van der Waals surface area contributed by atoms with Gasteiger partial charge in [0, 0.05) is 18.5 Å². The first-order valence-corrected chi connectivity index (χ1v) is 6.40. The van der Waals surface area contributed by atoms with Crippen molar-refractivity contribution in [1.82, 2.24) is 5.32 Å². The first-order chi connectivity index (χ1) is 8.94. The van der Waals surface area contributed by atoms with Crippen LogP contribution >= 0.6 is 0 Å². The van der Waals surface area contributed by atoms with E-state index in [9.17, 15) is 4.79 Å². The summed E-state index contributed by atoms with van der Waals surface area (Å²) < 4.78 is 5.37. The zero-order chi connectivity index (χ0) is 14.3. The predicted molar refractivity (Wildman–Crippen MR) is 77.0 cm³/mol. The molecule has 0 saturated heterocycles. The molecule has 3 heteroatoms. The Kier molecular flexibility index (Phi) is 5.59. The lowest BCUT2D eigenvalue weighted by atomic mass is 10.1. The molecule has 1 rings (SSSR count). The minimum absolute atomic E-state index is 0.328. The number of rotatable bonds is 3. The SMILES string of the molecule is CNCCC#Cc1ccccc1C(=O)OC(C)(C)C. The van der Waals surface area contributed by atoms with Crippen LogP contribution in [0.2, 0.25) is 0 Å². The number of carbonyl (C=O) groups is 1. The Labute approximate surface area is 115 Å². The molecule has 0 fully saturated rings. The number of benzene rings is 1. The van der Waals surface area contributed by atoms with Crippen molar-refractivity contribution in [2.75, 3.05) is 13.6 Å². The van der Waals surface area contributed by atoms with E-state index in [2.05, 4.69) is 17.2 Å². The summed E-state index contributed by atoms with van der Waals surface area (Å²) in [6.07, 6.45) is 0.749. The average Bonchev–Trinajstić information content (AvgIpc) is 2.33. The number of ether oxygens (including phenoxy) is 1. The van der Waals surface area contributed by atoms with Gasteiger partial charge in [-0.15, -0.1) is 0 Å². The fraction of sp³-hybridized carbons (Fsp3) is 0.438. The molecule has 1 aromatic rings. The minimum atomic E-state index is -0.496. The van der Waals surface area contributed by atoms with Gasteiger partial charge < -0.3 is 10.1 Å². The predicted octanol–water partition coefficient (Wildman–Crippen LogP) is 2.60. The Morgan fingerprint density at radius 1 is 1.32 bits per heavy atom. The fourth-order valence-corrected chi connectivity index (χ4v) is 1.45. The molecule has 19 heavy (non-hydrogen) atoms. The molecule has 0 atom stereocenters. The molecule has 0 amide bonds. The maximum atomic E-state index is 12.1. The van der Waals surface area contributed by atoms with Gasteiger partial charge in [-0.05, 0) is 40.0 Å². The van der Waals surface area contributed by atoms with E-state index in [1.54, 1.807) is 6.07 Å². The summed E-state index contributed by atoms with van der Waals surface area (Å²) in [7, 11) is 1.89. The van der Waals surface area contributed by atoms with Gasteiger partial charge in [0.1, 0.15) is 5.60 Å². The lowest BCUT2D eigenvalue weighted by Crippen LogP contribution is -2.24. The highest BCUT2D eigenvalue weighted by Gasteiger charge is 2.19. The second kappa shape index (κ2) is 6.96. The van der Waals surface area contributed by atoms with Gasteiger partial charge in [0.2, 0.25) is 0 Å². The van der Waals surface area contributed by atoms with E-state index in [0.717, 1.165) is 13.0 Å². The largest absolute Gasteiger partial charge is 0.456 e. The van der Waals surface area contributed by atoms with Crippen molar-refractivity contribution in [3.8, 4) is 11.8 Å². The summed E-state index contributed by atoms with van der Waals surface area (Å²) in [6, 6.07) is 7.27. The lowest BCUT2D eigenvalue weighted by Gasteiger charge is -2.19. The molecule has 3 nitrogen and oxygen atoms in total. The molecule has 0 heterocycles. The quantitative estimate of drug-likeness (QED) is 0.515. The highest BCUT2D eigenvalue weighted by molar-refractivity contribution is 5.92. The molecule has 0 spiro atoms. The molecular weight excluding hydrogens is 238 g/mol. The molecule has 0 saturated carbocycles. The van der Waals surface area contributed by atoms with E-state index in [-0.39, 0.29) is 5.97 Å². The van der Waals surface area contributed by atoms with Crippen molar-refractivity contribution in [3.05, 3.63) is 35.4 Å². The minimum Gasteiger partial charge on any atom is -0.456 e. The van der Waals surface area contributed by atoms with E-state index >= 15 is 0 Å². The van der Waals surface area contributed by atoms with Crippen molar-refractivity contribution in [1.29, 1.82) is 0 Å². The Bertz CT molecular complexity index is 489. The van der Waals surface area contributed by atoms with Crippen LogP contribution in [0.15, 0.2) is 24.3 Å². The molecule has 0 aromatic heterocycles. The second-order valence-corrected chi connectivity index (χ2v) is 5.20. The molecule has 0 aliphatic carbocycles. The van der Waals surface area contributed by atoms with Crippen molar-refractivity contribution in [3.63, 3.8) is 0 Å². The molecule has 1 aromatic carbocycles. The fourth-order valence-electron chi connectivity index (χ4n) is 1.45. The first kappa shape index (κ1) is 15.3. The second-order valence-electron chi connectivity index (χ2n) is 5.20. The highest BCUT2D eigenvalue weighted by atomic mass is 16.6. The van der Waals surface area contributed by atoms with Gasteiger partial charge in [0.25, 0.3) is 0 Å². The normalized spacial score (nSPS) is 10.5. The summed E-state index contributed by atoms with van der Waals surface area (Å²) in [5.74, 6) is 5.74. The van der Waals surface area contributed by atoms with Crippen LogP contribution in [0, 0.1) is 11.8 Å². The van der Waals surface area contributed by atoms with E-state index in [1.807, 2.05) is 46.0 Å². The molecular formula is C16H21NO2. The Morgan fingerprint density at radius 3 is 2.63 bits per heavy atom. The van der Waals surface area contributed by atoms with Crippen LogP contribution in [0.25, 0.3) is 0 Å². The third kappa shape index (κ3) is 5.58. The molecule has 0 bridgehead atoms. The molecule has 102 valence electrons. The number of nitrogens with one attached hydrogen (secondary N) is 1. The summed E-state index contributed by atoms with van der Waals surface area (Å²) in [4.78, 5) is 12.1. The highest BCUT2D eigenvalue weighted by Crippen LogP contribution is 2.14. The molecule has 1 N–H and O–H groups in total. The third-order valence-corrected chi connectivity index (χ3v) is 2.27. The number of carbonyl (C=O) groups excluding carboxylic acids is 1. The van der Waals surface area contributed by atoms with Gasteiger partial charge in [-0.1, -0.05) is 24.0 Å². The van der Waals surface area contributed by atoms with Crippen LogP contribution in [0.1, 0.15) is 43.1 Å². The van der Waals surface area contributed by atoms with Crippen molar-refractivity contribution < 1.29 is 9.53 Å². The Morgan fingerprint density at radius 2 is 2.00 bits per heavy atom. The van der Waals surface area contributed by atoms with E-state index in [1.165, 1.54) is 0 Å². The third-order valence-electron chi connectivity index (χ3n) is 2.27. The van der Waals surface area contributed by atoms with Gasteiger partial charge in [-0.2, -0.15) is 0 Å². The Hall–Kier alpha value is -1.79. The van der Waals surface area contributed by atoms with Crippen LogP contribution < -0.4 is 5.32 Å². The maximum absolute atomic E-state index is 12.1. The van der Waals surface area contributed by atoms with Crippen LogP contribution in [0.5, 0.6) is 0 Å². The molecule has 0 radical (unpaired) electrons. The zero-order valence-corrected chi connectivity index (χ0v) is 12.0. The first-order valence-electron chi connectivity index (χ1n) is 6.40. The number of hydrogen-bond acceptors (Lipinski definition) is 3. The van der Waals surface area contributed by atoms with Crippen LogP contribution in [0.3, 0.4) is 0 Å². The molecule has 0 unspecified atom stereocenters. The summed E-state index contributed by atoms with van der Waals surface area (Å²) >= 11 is 0. The summed E-state index contributed by atoms with van der Waals surface area (Å²) in [5.41, 5.74) is 0.742. The smallest absolute Gasteiger partial charge is 0.339 e. The van der Waals surface area contributed by atoms with Crippen molar-refractivity contribution >= 4 is 5.97 Å². The topological polar surface area (TPSA) is 38.3 Å². The van der Waals surface area contributed by atoms with E-state index in [4.69, 9.17) is 4.74 Å². The van der Waals surface area contributed by atoms with Gasteiger partial charge >= 0.3 is 5.97 Å². The Balaban J connectivity index is 2.88. The zero-order valence-electron chi connectivity index (χ0n) is 12.0. The van der Waals surface area contributed by atoms with Crippen LogP contribution in [-0.4, -0.2) is 25.2 Å². The van der Waals surface area contributed by atoms with E-state index in [0.29, 0.717) is 11.1 Å². The molecule has 0 aliphatic heterocycles. The van der Waals surface area contributed by atoms with Crippen LogP contribution in [-0.2, 0) is 4.74 Å². The number of hydrogen-bond donors (Lipinski definition) is 1. The van der Waals surface area contributed by atoms with Crippen molar-refractivity contribution in [2.24, 2.45) is 0 Å². The maximum Gasteiger partial charge on any atom is 0.339 e. The summed E-state index contributed by atoms with van der Waals surface area (Å²) in [5, 5.41) is 3.03. The lowest BCUT2D eigenvalue weighted by molar-refractivity contribution is 0.00693. The average molecular weight is 259 g/mol. The summed E-state index contributed by atoms with van der Waals surface area (Å²) in [6.45, 7) is 6.39. The molecule has 0 aliphatic rings. The van der Waals surface area contributed by atoms with Gasteiger partial charge in [-0.25, -0.2) is 4.79 Å².